The number of methoxy groups -OCH3 is 1. The summed E-state index contributed by atoms with van der Waals surface area (Å²) >= 11 is 6.16. The highest BCUT2D eigenvalue weighted by Crippen LogP contribution is 2.32. The van der Waals surface area contributed by atoms with Crippen LogP contribution in [0.2, 0.25) is 5.02 Å². The number of likely N-dealkylation sites (N-methyl/N-ethyl adjacent to an activating group) is 1. The molecule has 0 radical (unpaired) electrons. The largest absolute Gasteiger partial charge is 0.495 e. The van der Waals surface area contributed by atoms with Gasteiger partial charge < -0.3 is 14.8 Å². The number of halogens is 1. The lowest BCUT2D eigenvalue weighted by Gasteiger charge is -2.29. The highest BCUT2D eigenvalue weighted by atomic mass is 35.5. The number of anilines is 1. The number of nitrogens with zero attached hydrogens (tertiary/aromatic N) is 2. The number of carbonyl (C=O) groups is 2. The summed E-state index contributed by atoms with van der Waals surface area (Å²) in [4.78, 5) is 33.4. The number of fused-ring (bicyclic) bond motifs is 2. The number of esters is 1. The Labute approximate surface area is 204 Å². The van der Waals surface area contributed by atoms with Gasteiger partial charge in [0.05, 0.1) is 23.9 Å². The Bertz CT molecular complexity index is 1260. The first kappa shape index (κ1) is 24.0. The number of nitrogens with one attached hydrogen (secondary N) is 1. The van der Waals surface area contributed by atoms with Gasteiger partial charge >= 0.3 is 5.97 Å². The molecule has 3 aromatic rings. The van der Waals surface area contributed by atoms with E-state index in [9.17, 15) is 9.59 Å². The van der Waals surface area contributed by atoms with Crippen LogP contribution in [0.5, 0.6) is 5.75 Å². The third-order valence-corrected chi connectivity index (χ3v) is 6.58. The topological polar surface area (TPSA) is 80.8 Å². The minimum absolute atomic E-state index is 0.427. The lowest BCUT2D eigenvalue weighted by atomic mass is 9.95. The number of hydrogen-bond acceptors (Lipinski definition) is 6. The molecule has 4 rings (SSSR count). The van der Waals surface area contributed by atoms with Gasteiger partial charge in [-0.05, 0) is 38.1 Å². The molecule has 2 heterocycles. The zero-order valence-electron chi connectivity index (χ0n) is 19.8. The maximum Gasteiger partial charge on any atom is 0.339 e. The van der Waals surface area contributed by atoms with Crippen molar-refractivity contribution in [3.05, 3.63) is 63.8 Å². The Morgan fingerprint density at radius 3 is 2.76 bits per heavy atom. The van der Waals surface area contributed by atoms with Gasteiger partial charge in [-0.3, -0.25) is 14.7 Å². The van der Waals surface area contributed by atoms with Crippen molar-refractivity contribution < 1.29 is 19.1 Å². The molecule has 0 bridgehead atoms. The second-order valence-electron chi connectivity index (χ2n) is 8.39. The van der Waals surface area contributed by atoms with Gasteiger partial charge in [0.1, 0.15) is 5.75 Å². The van der Waals surface area contributed by atoms with E-state index in [1.165, 1.54) is 7.11 Å². The zero-order valence-corrected chi connectivity index (χ0v) is 20.5. The second kappa shape index (κ2) is 9.99. The average Bonchev–Trinajstić information content (AvgIpc) is 2.83. The fraction of sp³-hybridized carbons (Fsp3) is 0.346. The van der Waals surface area contributed by atoms with Crippen molar-refractivity contribution in [2.75, 3.05) is 25.5 Å². The first-order valence-electron chi connectivity index (χ1n) is 11.3. The first-order chi connectivity index (χ1) is 16.3. The third-order valence-electron chi connectivity index (χ3n) is 6.17. The lowest BCUT2D eigenvalue weighted by molar-refractivity contribution is -0.123. The van der Waals surface area contributed by atoms with Crippen LogP contribution in [0.25, 0.3) is 10.9 Å². The summed E-state index contributed by atoms with van der Waals surface area (Å²) in [6, 6.07) is 10.9. The highest BCUT2D eigenvalue weighted by Gasteiger charge is 2.28. The van der Waals surface area contributed by atoms with E-state index in [0.29, 0.717) is 28.6 Å². The number of hydrogen-bond donors (Lipinski definition) is 1. The van der Waals surface area contributed by atoms with E-state index in [4.69, 9.17) is 26.1 Å². The number of benzene rings is 2. The van der Waals surface area contributed by atoms with Gasteiger partial charge in [0.25, 0.3) is 5.91 Å². The molecule has 1 atom stereocenters. The van der Waals surface area contributed by atoms with E-state index in [0.717, 1.165) is 47.2 Å². The molecule has 2 aromatic carbocycles. The van der Waals surface area contributed by atoms with Crippen molar-refractivity contribution in [1.82, 2.24) is 9.88 Å². The standard InChI is InChI=1S/C26H28ClN3O4/c1-5-30-11-10-21-18(14-30)24(17-8-6-7-9-20(17)28-21)26(32)34-16(3)25(31)29-22-12-15(2)19(27)13-23(22)33-4/h6-9,12-13,16H,5,10-11,14H2,1-4H3,(H,29,31). The summed E-state index contributed by atoms with van der Waals surface area (Å²) in [5.41, 5.74) is 4.27. The van der Waals surface area contributed by atoms with Crippen LogP contribution in [0, 0.1) is 6.92 Å². The molecule has 1 aliphatic heterocycles. The Hall–Kier alpha value is -3.16. The van der Waals surface area contributed by atoms with Crippen molar-refractivity contribution in [3.63, 3.8) is 0 Å². The summed E-state index contributed by atoms with van der Waals surface area (Å²) in [5, 5.41) is 4.04. The summed E-state index contributed by atoms with van der Waals surface area (Å²) in [6.45, 7) is 7.87. The fourth-order valence-electron chi connectivity index (χ4n) is 4.19. The van der Waals surface area contributed by atoms with E-state index in [-0.39, 0.29) is 0 Å². The SMILES string of the molecule is CCN1CCc2nc3ccccc3c(C(=O)OC(C)C(=O)Nc3cc(C)c(Cl)cc3OC)c2C1. The highest BCUT2D eigenvalue weighted by molar-refractivity contribution is 6.31. The fourth-order valence-corrected chi connectivity index (χ4v) is 4.34. The van der Waals surface area contributed by atoms with E-state index in [2.05, 4.69) is 17.1 Å². The van der Waals surface area contributed by atoms with Gasteiger partial charge in [-0.25, -0.2) is 4.79 Å². The molecular formula is C26H28ClN3O4. The van der Waals surface area contributed by atoms with Crippen molar-refractivity contribution in [2.45, 2.75) is 39.8 Å². The molecule has 8 heteroatoms. The molecule has 1 aromatic heterocycles. The molecule has 178 valence electrons. The van der Waals surface area contributed by atoms with Crippen molar-refractivity contribution >= 4 is 40.1 Å². The monoisotopic (exact) mass is 481 g/mol. The van der Waals surface area contributed by atoms with Gasteiger partial charge in [-0.15, -0.1) is 0 Å². The Morgan fingerprint density at radius 2 is 2.03 bits per heavy atom. The number of para-hydroxylation sites is 1. The van der Waals surface area contributed by atoms with Gasteiger partial charge in [-0.2, -0.15) is 0 Å². The Balaban J connectivity index is 1.61. The van der Waals surface area contributed by atoms with Crippen molar-refractivity contribution in [1.29, 1.82) is 0 Å². The quantitative estimate of drug-likeness (QED) is 0.511. The minimum atomic E-state index is -1.03. The number of aromatic nitrogens is 1. The number of rotatable bonds is 6. The Kier molecular flexibility index (Phi) is 7.05. The van der Waals surface area contributed by atoms with Crippen LogP contribution in [0.15, 0.2) is 36.4 Å². The predicted octanol–water partition coefficient (Wildman–Crippen LogP) is 4.77. The maximum atomic E-state index is 13.4. The number of carbonyl (C=O) groups excluding carboxylic acids is 2. The summed E-state index contributed by atoms with van der Waals surface area (Å²) in [5.74, 6) is -0.568. The molecule has 1 unspecified atom stereocenters. The molecule has 0 fully saturated rings. The lowest BCUT2D eigenvalue weighted by Crippen LogP contribution is -2.34. The smallest absolute Gasteiger partial charge is 0.339 e. The first-order valence-corrected chi connectivity index (χ1v) is 11.7. The van der Waals surface area contributed by atoms with Crippen LogP contribution in [0.3, 0.4) is 0 Å². The maximum absolute atomic E-state index is 13.4. The molecule has 1 N–H and O–H groups in total. The van der Waals surface area contributed by atoms with Gasteiger partial charge in [0.2, 0.25) is 0 Å². The summed E-state index contributed by atoms with van der Waals surface area (Å²) in [6.07, 6.45) is -0.262. The Morgan fingerprint density at radius 1 is 1.26 bits per heavy atom. The molecular weight excluding hydrogens is 454 g/mol. The van der Waals surface area contributed by atoms with Crippen LogP contribution in [0.4, 0.5) is 5.69 Å². The molecule has 0 saturated carbocycles. The summed E-state index contributed by atoms with van der Waals surface area (Å²) < 4.78 is 11.0. The average molecular weight is 482 g/mol. The normalized spacial score (nSPS) is 14.4. The molecule has 0 saturated heterocycles. The van der Waals surface area contributed by atoms with Crippen LogP contribution in [-0.4, -0.2) is 48.1 Å². The third kappa shape index (κ3) is 4.72. The number of amides is 1. The van der Waals surface area contributed by atoms with Crippen LogP contribution >= 0.6 is 11.6 Å². The van der Waals surface area contributed by atoms with Crippen LogP contribution in [0.1, 0.15) is 41.0 Å². The van der Waals surface area contributed by atoms with Gasteiger partial charge in [0, 0.05) is 47.2 Å². The van der Waals surface area contributed by atoms with E-state index in [1.54, 1.807) is 19.1 Å². The van der Waals surface area contributed by atoms with Crippen molar-refractivity contribution in [3.8, 4) is 5.75 Å². The van der Waals surface area contributed by atoms with E-state index >= 15 is 0 Å². The predicted molar refractivity (Wildman–Crippen MR) is 133 cm³/mol. The number of aryl methyl sites for hydroxylation is 1. The number of pyridine rings is 1. The summed E-state index contributed by atoms with van der Waals surface area (Å²) in [7, 11) is 1.50. The molecule has 34 heavy (non-hydrogen) atoms. The molecule has 0 spiro atoms. The second-order valence-corrected chi connectivity index (χ2v) is 8.79. The van der Waals surface area contributed by atoms with Gasteiger partial charge in [0.15, 0.2) is 6.10 Å². The minimum Gasteiger partial charge on any atom is -0.495 e. The molecule has 0 aliphatic carbocycles. The van der Waals surface area contributed by atoms with Crippen molar-refractivity contribution in [2.24, 2.45) is 0 Å². The van der Waals surface area contributed by atoms with Crippen LogP contribution < -0.4 is 10.1 Å². The van der Waals surface area contributed by atoms with Gasteiger partial charge in [-0.1, -0.05) is 36.7 Å². The number of ether oxygens (including phenoxy) is 2. The van der Waals surface area contributed by atoms with E-state index in [1.807, 2.05) is 31.2 Å². The van der Waals surface area contributed by atoms with E-state index < -0.39 is 18.0 Å². The molecule has 1 amide bonds. The molecule has 1 aliphatic rings. The van der Waals surface area contributed by atoms with Crippen LogP contribution in [-0.2, 0) is 22.5 Å². The molecule has 7 nitrogen and oxygen atoms in total. The zero-order chi connectivity index (χ0) is 24.4.